The van der Waals surface area contributed by atoms with E-state index in [4.69, 9.17) is 0 Å². The molecular formula is C10H7F5INO2. The van der Waals surface area contributed by atoms with Crippen molar-refractivity contribution < 1.29 is 31.5 Å². The number of hydrogen-bond acceptors (Lipinski definition) is 3. The first-order chi connectivity index (χ1) is 8.68. The van der Waals surface area contributed by atoms with Crippen LogP contribution in [0.15, 0.2) is 6.20 Å². The van der Waals surface area contributed by atoms with Gasteiger partial charge >= 0.3 is 12.1 Å². The summed E-state index contributed by atoms with van der Waals surface area (Å²) < 4.78 is 67.2. The van der Waals surface area contributed by atoms with Crippen LogP contribution < -0.4 is 0 Å². The van der Waals surface area contributed by atoms with Crippen molar-refractivity contribution in [2.24, 2.45) is 0 Å². The summed E-state index contributed by atoms with van der Waals surface area (Å²) in [4.78, 5) is 14.3. The summed E-state index contributed by atoms with van der Waals surface area (Å²) >= 11 is 1.15. The average Bonchev–Trinajstić information content (AvgIpc) is 2.26. The van der Waals surface area contributed by atoms with E-state index in [9.17, 15) is 26.7 Å². The number of pyridine rings is 1. The number of rotatable bonds is 3. The van der Waals surface area contributed by atoms with E-state index in [-0.39, 0.29) is 0 Å². The minimum atomic E-state index is -4.85. The number of halogens is 6. The number of carbonyl (C=O) groups is 1. The fourth-order valence-electron chi connectivity index (χ4n) is 1.36. The molecule has 0 radical (unpaired) electrons. The Morgan fingerprint density at radius 1 is 1.47 bits per heavy atom. The van der Waals surface area contributed by atoms with Gasteiger partial charge in [-0.1, -0.05) is 0 Å². The van der Waals surface area contributed by atoms with Crippen molar-refractivity contribution in [2.45, 2.75) is 19.0 Å². The van der Waals surface area contributed by atoms with Crippen molar-refractivity contribution >= 4 is 28.6 Å². The van der Waals surface area contributed by atoms with E-state index in [1.807, 2.05) is 0 Å². The number of nitrogens with zero attached hydrogens (tertiary/aromatic N) is 1. The van der Waals surface area contributed by atoms with Gasteiger partial charge in [-0.25, -0.2) is 8.78 Å². The highest BCUT2D eigenvalue weighted by Crippen LogP contribution is 2.38. The second-order valence-corrected chi connectivity index (χ2v) is 4.49. The van der Waals surface area contributed by atoms with Crippen molar-refractivity contribution in [1.29, 1.82) is 0 Å². The topological polar surface area (TPSA) is 39.2 Å². The zero-order valence-electron chi connectivity index (χ0n) is 9.39. The lowest BCUT2D eigenvalue weighted by atomic mass is 10.1. The normalized spacial score (nSPS) is 11.8. The quantitative estimate of drug-likeness (QED) is 0.448. The van der Waals surface area contributed by atoms with Crippen molar-refractivity contribution in [2.75, 3.05) is 7.11 Å². The Kier molecular flexibility index (Phi) is 5.04. The highest BCUT2D eigenvalue weighted by molar-refractivity contribution is 14.1. The molecule has 1 aromatic heterocycles. The SMILES string of the molecule is COC(=O)Cc1cnc(C(F)F)c(I)c1C(F)(F)F. The third-order valence-corrected chi connectivity index (χ3v) is 3.27. The van der Waals surface area contributed by atoms with Crippen LogP contribution in [0.2, 0.25) is 0 Å². The van der Waals surface area contributed by atoms with Crippen LogP contribution in [-0.2, 0) is 22.1 Å². The zero-order valence-corrected chi connectivity index (χ0v) is 11.6. The molecule has 0 aromatic carbocycles. The number of hydrogen-bond donors (Lipinski definition) is 0. The Hall–Kier alpha value is -1.00. The van der Waals surface area contributed by atoms with Crippen molar-refractivity contribution in [1.82, 2.24) is 4.98 Å². The van der Waals surface area contributed by atoms with Crippen molar-refractivity contribution in [3.05, 3.63) is 26.6 Å². The predicted octanol–water partition coefficient (Wildman–Crippen LogP) is 3.36. The smallest absolute Gasteiger partial charge is 0.417 e. The lowest BCUT2D eigenvalue weighted by Crippen LogP contribution is -2.17. The third kappa shape index (κ3) is 3.74. The monoisotopic (exact) mass is 395 g/mol. The van der Waals surface area contributed by atoms with Crippen molar-refractivity contribution in [3.63, 3.8) is 0 Å². The van der Waals surface area contributed by atoms with Crippen LogP contribution in [0, 0.1) is 3.57 Å². The molecular weight excluding hydrogens is 388 g/mol. The maximum absolute atomic E-state index is 12.9. The highest BCUT2D eigenvalue weighted by atomic mass is 127. The molecule has 1 aromatic rings. The zero-order chi connectivity index (χ0) is 14.8. The molecule has 106 valence electrons. The Balaban J connectivity index is 3.40. The van der Waals surface area contributed by atoms with Crippen LogP contribution in [-0.4, -0.2) is 18.1 Å². The molecule has 0 saturated carbocycles. The number of esters is 1. The molecule has 1 rings (SSSR count). The molecule has 0 atom stereocenters. The van der Waals surface area contributed by atoms with Gasteiger partial charge in [0.15, 0.2) is 0 Å². The first-order valence-electron chi connectivity index (χ1n) is 4.78. The van der Waals surface area contributed by atoms with Gasteiger partial charge in [0.1, 0.15) is 5.69 Å². The van der Waals surface area contributed by atoms with Gasteiger partial charge in [0.05, 0.1) is 22.7 Å². The van der Waals surface area contributed by atoms with E-state index in [0.29, 0.717) is 6.20 Å². The molecule has 0 aliphatic carbocycles. The molecule has 0 saturated heterocycles. The molecule has 0 aliphatic heterocycles. The molecule has 9 heteroatoms. The van der Waals surface area contributed by atoms with Gasteiger partial charge < -0.3 is 4.74 Å². The number of methoxy groups -OCH3 is 1. The minimum absolute atomic E-state index is 0.492. The second-order valence-electron chi connectivity index (χ2n) is 3.41. The van der Waals surface area contributed by atoms with E-state index in [1.54, 1.807) is 0 Å². The summed E-state index contributed by atoms with van der Waals surface area (Å²) in [5, 5.41) is 0. The minimum Gasteiger partial charge on any atom is -0.469 e. The van der Waals surface area contributed by atoms with E-state index in [2.05, 4.69) is 9.72 Å². The van der Waals surface area contributed by atoms with E-state index < -0.39 is 45.4 Å². The number of carbonyl (C=O) groups excluding carboxylic acids is 1. The van der Waals surface area contributed by atoms with Gasteiger partial charge in [-0.05, 0) is 28.2 Å². The Morgan fingerprint density at radius 3 is 2.47 bits per heavy atom. The maximum atomic E-state index is 12.9. The third-order valence-electron chi connectivity index (χ3n) is 2.18. The number of alkyl halides is 5. The molecule has 0 spiro atoms. The fourth-order valence-corrected chi connectivity index (χ4v) is 2.38. The van der Waals surface area contributed by atoms with Crippen LogP contribution in [0.4, 0.5) is 22.0 Å². The van der Waals surface area contributed by atoms with Gasteiger partial charge in [-0.15, -0.1) is 0 Å². The lowest BCUT2D eigenvalue weighted by molar-refractivity contribution is -0.141. The molecule has 0 N–H and O–H groups in total. The standard InChI is InChI=1S/C10H7F5INO2/c1-19-5(18)2-4-3-17-8(9(11)12)7(16)6(4)10(13,14)15/h3,9H,2H2,1H3. The molecule has 0 bridgehead atoms. The molecule has 0 fully saturated rings. The number of ether oxygens (including phenoxy) is 1. The second kappa shape index (κ2) is 5.97. The molecule has 3 nitrogen and oxygen atoms in total. The molecule has 0 aliphatic rings. The highest BCUT2D eigenvalue weighted by Gasteiger charge is 2.38. The first kappa shape index (κ1) is 16.1. The maximum Gasteiger partial charge on any atom is 0.417 e. The van der Waals surface area contributed by atoms with E-state index in [0.717, 1.165) is 29.7 Å². The largest absolute Gasteiger partial charge is 0.469 e. The van der Waals surface area contributed by atoms with Crippen LogP contribution in [0.1, 0.15) is 23.2 Å². The first-order valence-corrected chi connectivity index (χ1v) is 5.85. The Morgan fingerprint density at radius 2 is 2.05 bits per heavy atom. The molecule has 19 heavy (non-hydrogen) atoms. The summed E-state index contributed by atoms with van der Waals surface area (Å²) in [6.07, 6.45) is -8.03. The van der Waals surface area contributed by atoms with Gasteiger partial charge in [-0.2, -0.15) is 13.2 Å². The van der Waals surface area contributed by atoms with E-state index in [1.165, 1.54) is 0 Å². The van der Waals surface area contributed by atoms with Gasteiger partial charge in [0.25, 0.3) is 6.43 Å². The number of aromatic nitrogens is 1. The average molecular weight is 395 g/mol. The lowest BCUT2D eigenvalue weighted by Gasteiger charge is -2.16. The van der Waals surface area contributed by atoms with E-state index >= 15 is 0 Å². The summed E-state index contributed by atoms with van der Waals surface area (Å²) in [6, 6.07) is 0. The van der Waals surface area contributed by atoms with Gasteiger partial charge in [0, 0.05) is 6.20 Å². The molecule has 0 amide bonds. The summed E-state index contributed by atoms with van der Waals surface area (Å²) in [5.74, 6) is -0.909. The van der Waals surface area contributed by atoms with Crippen molar-refractivity contribution in [3.8, 4) is 0 Å². The van der Waals surface area contributed by atoms with Crippen LogP contribution in [0.25, 0.3) is 0 Å². The van der Waals surface area contributed by atoms with Gasteiger partial charge in [0.2, 0.25) is 0 Å². The molecule has 0 unspecified atom stereocenters. The van der Waals surface area contributed by atoms with Gasteiger partial charge in [-0.3, -0.25) is 9.78 Å². The van der Waals surface area contributed by atoms with Crippen LogP contribution >= 0.6 is 22.6 Å². The Bertz CT molecular complexity index is 490. The predicted molar refractivity (Wildman–Crippen MR) is 62.6 cm³/mol. The van der Waals surface area contributed by atoms with Crippen LogP contribution in [0.3, 0.4) is 0 Å². The summed E-state index contributed by atoms with van der Waals surface area (Å²) in [7, 11) is 1.02. The molecule has 1 heterocycles. The Labute approximate surface area is 118 Å². The summed E-state index contributed by atoms with van der Waals surface area (Å²) in [5.41, 5.74) is -2.72. The van der Waals surface area contributed by atoms with Crippen LogP contribution in [0.5, 0.6) is 0 Å². The fraction of sp³-hybridized carbons (Fsp3) is 0.400. The summed E-state index contributed by atoms with van der Waals surface area (Å²) in [6.45, 7) is 0.